The number of nitrogens with zero attached hydrogens (tertiary/aromatic N) is 3. The third kappa shape index (κ3) is 4.15. The molecule has 29 heavy (non-hydrogen) atoms. The summed E-state index contributed by atoms with van der Waals surface area (Å²) in [5.41, 5.74) is -1.33. The number of hydrogen-bond acceptors (Lipinski definition) is 6. The summed E-state index contributed by atoms with van der Waals surface area (Å²) in [4.78, 5) is 0. The van der Waals surface area contributed by atoms with Gasteiger partial charge >= 0.3 is 6.18 Å². The summed E-state index contributed by atoms with van der Waals surface area (Å²) >= 11 is 6.17. The second-order valence-electron chi connectivity index (χ2n) is 6.28. The first-order chi connectivity index (χ1) is 13.6. The van der Waals surface area contributed by atoms with Crippen LogP contribution in [0.3, 0.4) is 0 Å². The molecule has 7 nitrogen and oxygen atoms in total. The monoisotopic (exact) mass is 431 g/mol. The molecule has 0 amide bonds. The lowest BCUT2D eigenvalue weighted by atomic mass is 10.0. The van der Waals surface area contributed by atoms with Crippen LogP contribution in [0.1, 0.15) is 24.5 Å². The van der Waals surface area contributed by atoms with Crippen LogP contribution in [0.5, 0.6) is 0 Å². The number of aliphatic hydroxyl groups excluding tert-OH is 2. The van der Waals surface area contributed by atoms with Gasteiger partial charge in [-0.3, -0.25) is 4.68 Å². The predicted octanol–water partition coefficient (Wildman–Crippen LogP) is 3.90. The first kappa shape index (κ1) is 21.3. The van der Waals surface area contributed by atoms with E-state index in [0.717, 1.165) is 6.20 Å². The summed E-state index contributed by atoms with van der Waals surface area (Å²) in [6.07, 6.45) is -6.58. The molecule has 0 spiro atoms. The highest BCUT2D eigenvalue weighted by Gasteiger charge is 2.41. The number of aliphatic hydroxyl groups is 2. The van der Waals surface area contributed by atoms with Crippen LogP contribution in [0.25, 0.3) is 22.6 Å². The van der Waals surface area contributed by atoms with Gasteiger partial charge in [0.15, 0.2) is 17.7 Å². The van der Waals surface area contributed by atoms with Crippen LogP contribution >= 0.6 is 11.6 Å². The Morgan fingerprint density at radius 1 is 1.24 bits per heavy atom. The van der Waals surface area contributed by atoms with Gasteiger partial charge in [0.2, 0.25) is 0 Å². The second-order valence-corrected chi connectivity index (χ2v) is 6.68. The van der Waals surface area contributed by atoms with Gasteiger partial charge in [0.1, 0.15) is 5.69 Å². The van der Waals surface area contributed by atoms with E-state index < -0.39 is 29.8 Å². The molecule has 1 aromatic carbocycles. The summed E-state index contributed by atoms with van der Waals surface area (Å²) in [6.45, 7) is 0.952. The van der Waals surface area contributed by atoms with E-state index in [-0.39, 0.29) is 28.6 Å². The van der Waals surface area contributed by atoms with Crippen molar-refractivity contribution in [2.75, 3.05) is 7.11 Å². The number of halogens is 4. The van der Waals surface area contributed by atoms with Crippen molar-refractivity contribution in [1.29, 1.82) is 0 Å². The minimum absolute atomic E-state index is 0.0383. The molecule has 156 valence electrons. The molecule has 0 saturated carbocycles. The van der Waals surface area contributed by atoms with E-state index in [0.29, 0.717) is 10.2 Å². The fourth-order valence-corrected chi connectivity index (χ4v) is 3.15. The van der Waals surface area contributed by atoms with Crippen molar-refractivity contribution in [3.05, 3.63) is 46.7 Å². The molecule has 2 heterocycles. The van der Waals surface area contributed by atoms with E-state index in [1.165, 1.54) is 14.0 Å². The summed E-state index contributed by atoms with van der Waals surface area (Å²) < 4.78 is 52.1. The first-order valence-electron chi connectivity index (χ1n) is 8.41. The molecule has 3 aromatic rings. The van der Waals surface area contributed by atoms with E-state index in [4.69, 9.17) is 20.9 Å². The fraction of sp³-hybridized carbons (Fsp3) is 0.333. The Hall–Kier alpha value is -2.40. The standard InChI is InChI=1S/C18H17ClF3N3O4/c1-9(26)8-25-16(18(20,21)22)11(7-23-25)15-13(17(27)28-2)14(24-29-15)10-5-3-4-6-12(10)19/h3-7,9,17,26-27H,8H2,1-2H3/t9-,17?/m0/s1. The summed E-state index contributed by atoms with van der Waals surface area (Å²) in [6, 6.07) is 6.47. The van der Waals surface area contributed by atoms with Crippen molar-refractivity contribution in [3.63, 3.8) is 0 Å². The van der Waals surface area contributed by atoms with E-state index in [1.807, 2.05) is 0 Å². The SMILES string of the molecule is COC(O)c1c(-c2ccccc2Cl)noc1-c1cnn(C[C@H](C)O)c1C(F)(F)F. The molecule has 0 aliphatic carbocycles. The Morgan fingerprint density at radius 3 is 2.52 bits per heavy atom. The molecule has 0 bridgehead atoms. The molecular formula is C18H17ClF3N3O4. The van der Waals surface area contributed by atoms with Gasteiger partial charge in [-0.1, -0.05) is 35.0 Å². The van der Waals surface area contributed by atoms with Crippen molar-refractivity contribution in [2.45, 2.75) is 32.0 Å². The summed E-state index contributed by atoms with van der Waals surface area (Å²) in [5, 5.41) is 27.6. The molecule has 11 heteroatoms. The molecule has 2 aromatic heterocycles. The van der Waals surface area contributed by atoms with Gasteiger partial charge in [-0.15, -0.1) is 0 Å². The third-order valence-electron chi connectivity index (χ3n) is 4.12. The van der Waals surface area contributed by atoms with Gasteiger partial charge in [-0.25, -0.2) is 0 Å². The number of benzene rings is 1. The zero-order valence-electron chi connectivity index (χ0n) is 15.3. The molecule has 0 fully saturated rings. The highest BCUT2D eigenvalue weighted by Crippen LogP contribution is 2.43. The number of aromatic nitrogens is 3. The average molecular weight is 432 g/mol. The Kier molecular flexibility index (Phi) is 5.99. The van der Waals surface area contributed by atoms with Crippen molar-refractivity contribution in [3.8, 4) is 22.6 Å². The van der Waals surface area contributed by atoms with Crippen molar-refractivity contribution in [2.24, 2.45) is 0 Å². The minimum Gasteiger partial charge on any atom is -0.391 e. The molecule has 2 atom stereocenters. The molecule has 0 radical (unpaired) electrons. The molecule has 0 aliphatic rings. The number of methoxy groups -OCH3 is 1. The van der Waals surface area contributed by atoms with Gasteiger partial charge in [0.25, 0.3) is 0 Å². The van der Waals surface area contributed by atoms with Crippen LogP contribution in [0.15, 0.2) is 35.0 Å². The Bertz CT molecular complexity index is 1000. The number of rotatable bonds is 6. The Balaban J connectivity index is 2.25. The largest absolute Gasteiger partial charge is 0.433 e. The van der Waals surface area contributed by atoms with E-state index in [1.54, 1.807) is 24.3 Å². The van der Waals surface area contributed by atoms with Crippen molar-refractivity contribution < 1.29 is 32.6 Å². The number of alkyl halides is 3. The molecule has 0 aliphatic heterocycles. The lowest BCUT2D eigenvalue weighted by Crippen LogP contribution is -2.21. The lowest BCUT2D eigenvalue weighted by Gasteiger charge is -2.14. The van der Waals surface area contributed by atoms with Crippen molar-refractivity contribution in [1.82, 2.24) is 14.9 Å². The van der Waals surface area contributed by atoms with Crippen LogP contribution in [-0.2, 0) is 17.5 Å². The maximum absolute atomic E-state index is 13.8. The third-order valence-corrected chi connectivity index (χ3v) is 4.45. The van der Waals surface area contributed by atoms with E-state index in [2.05, 4.69) is 10.3 Å². The minimum atomic E-state index is -4.81. The quantitative estimate of drug-likeness (QED) is 0.575. The molecule has 2 N–H and O–H groups in total. The smallest absolute Gasteiger partial charge is 0.391 e. The first-order valence-corrected chi connectivity index (χ1v) is 8.79. The fourth-order valence-electron chi connectivity index (χ4n) is 2.93. The summed E-state index contributed by atoms with van der Waals surface area (Å²) in [7, 11) is 1.18. The molecule has 3 rings (SSSR count). The molecule has 0 saturated heterocycles. The van der Waals surface area contributed by atoms with Crippen LogP contribution in [0, 0.1) is 0 Å². The van der Waals surface area contributed by atoms with Gasteiger partial charge in [-0.05, 0) is 13.0 Å². The number of ether oxygens (including phenoxy) is 1. The maximum Gasteiger partial charge on any atom is 0.433 e. The number of hydrogen-bond donors (Lipinski definition) is 2. The Labute approximate surface area is 168 Å². The Morgan fingerprint density at radius 2 is 1.93 bits per heavy atom. The van der Waals surface area contributed by atoms with Crippen LogP contribution in [0.4, 0.5) is 13.2 Å². The van der Waals surface area contributed by atoms with Gasteiger partial charge in [-0.2, -0.15) is 18.3 Å². The summed E-state index contributed by atoms with van der Waals surface area (Å²) in [5.74, 6) is -0.363. The zero-order valence-corrected chi connectivity index (χ0v) is 16.1. The van der Waals surface area contributed by atoms with Crippen molar-refractivity contribution >= 4 is 11.6 Å². The van der Waals surface area contributed by atoms with E-state index >= 15 is 0 Å². The highest BCUT2D eigenvalue weighted by molar-refractivity contribution is 6.33. The van der Waals surface area contributed by atoms with Gasteiger partial charge in [0, 0.05) is 12.7 Å². The average Bonchev–Trinajstić information content (AvgIpc) is 3.24. The van der Waals surface area contributed by atoms with Crippen LogP contribution in [0.2, 0.25) is 5.02 Å². The maximum atomic E-state index is 13.8. The van der Waals surface area contributed by atoms with Gasteiger partial charge in [0.05, 0.1) is 35.0 Å². The lowest BCUT2D eigenvalue weighted by molar-refractivity contribution is -0.144. The topological polar surface area (TPSA) is 93.5 Å². The predicted molar refractivity (Wildman–Crippen MR) is 96.8 cm³/mol. The zero-order chi connectivity index (χ0) is 21.3. The normalized spacial score (nSPS) is 14.2. The van der Waals surface area contributed by atoms with Crippen LogP contribution < -0.4 is 0 Å². The van der Waals surface area contributed by atoms with Gasteiger partial charge < -0.3 is 19.5 Å². The highest BCUT2D eigenvalue weighted by atomic mass is 35.5. The van der Waals surface area contributed by atoms with Crippen LogP contribution in [-0.4, -0.2) is 38.4 Å². The second kappa shape index (κ2) is 8.15. The van der Waals surface area contributed by atoms with E-state index in [9.17, 15) is 23.4 Å². The molecule has 1 unspecified atom stereocenters. The molecular weight excluding hydrogens is 415 g/mol.